The van der Waals surface area contributed by atoms with Crippen LogP contribution < -0.4 is 9.57 Å². The number of unbranched alkanes of at least 4 members (excludes halogenated alkanes) is 1. The first-order valence-corrected chi connectivity index (χ1v) is 8.21. The molecule has 0 spiro atoms. The van der Waals surface area contributed by atoms with Gasteiger partial charge in [-0.15, -0.1) is 0 Å². The number of rotatable bonds is 6. The summed E-state index contributed by atoms with van der Waals surface area (Å²) in [5.41, 5.74) is 5.00. The van der Waals surface area contributed by atoms with Crippen LogP contribution in [-0.4, -0.2) is 13.9 Å². The van der Waals surface area contributed by atoms with Crippen molar-refractivity contribution >= 4 is 7.25 Å². The highest BCUT2D eigenvalue weighted by Crippen LogP contribution is 2.06. The maximum Gasteiger partial charge on any atom is 0.673 e. The van der Waals surface area contributed by atoms with Crippen molar-refractivity contribution < 1.29 is 26.8 Å². The van der Waals surface area contributed by atoms with Gasteiger partial charge < -0.3 is 17.3 Å². The van der Waals surface area contributed by atoms with Gasteiger partial charge >= 0.3 is 7.25 Å². The lowest BCUT2D eigenvalue weighted by molar-refractivity contribution is -0.899. The number of hydrogen-bond acceptors (Lipinski definition) is 1. The van der Waals surface area contributed by atoms with Crippen molar-refractivity contribution in [2.75, 3.05) is 6.61 Å². The molecular formula is C18H24BF4NO. The molecule has 0 fully saturated rings. The maximum atomic E-state index is 9.75. The molecule has 0 aliphatic heterocycles. The summed E-state index contributed by atoms with van der Waals surface area (Å²) in [7, 11) is -6.00. The molecule has 2 aromatic rings. The molecule has 7 heteroatoms. The molecule has 1 aromatic carbocycles. The van der Waals surface area contributed by atoms with Crippen molar-refractivity contribution in [2.24, 2.45) is 0 Å². The molecule has 0 radical (unpaired) electrons. The molecule has 0 bridgehead atoms. The SMILES string of the molecule is Cc1cc(C)[n+](OCCCCc2ccccc2)c(C)c1.F[B-](F)(F)F. The zero-order chi connectivity index (χ0) is 18.9. The second kappa shape index (κ2) is 10.1. The number of hydrogen-bond donors (Lipinski definition) is 0. The molecule has 1 aromatic heterocycles. The summed E-state index contributed by atoms with van der Waals surface area (Å²) in [6, 6.07) is 14.9. The largest absolute Gasteiger partial charge is 0.673 e. The predicted molar refractivity (Wildman–Crippen MR) is 91.9 cm³/mol. The Bertz CT molecular complexity index is 618. The van der Waals surface area contributed by atoms with Crippen LogP contribution in [0.4, 0.5) is 17.3 Å². The van der Waals surface area contributed by atoms with Crippen LogP contribution in [0.5, 0.6) is 0 Å². The minimum atomic E-state index is -6.00. The molecule has 0 saturated carbocycles. The summed E-state index contributed by atoms with van der Waals surface area (Å²) in [5.74, 6) is 0. The summed E-state index contributed by atoms with van der Waals surface area (Å²) in [4.78, 5) is 5.88. The Hall–Kier alpha value is -2.05. The van der Waals surface area contributed by atoms with Crippen LogP contribution in [0.2, 0.25) is 0 Å². The molecule has 2 rings (SSSR count). The molecule has 2 nitrogen and oxygen atoms in total. The van der Waals surface area contributed by atoms with Crippen molar-refractivity contribution in [3.05, 3.63) is 65.0 Å². The van der Waals surface area contributed by atoms with E-state index in [1.54, 1.807) is 0 Å². The normalized spacial score (nSPS) is 10.8. The van der Waals surface area contributed by atoms with E-state index in [1.165, 1.54) is 11.1 Å². The first kappa shape index (κ1) is 21.0. The van der Waals surface area contributed by atoms with Crippen LogP contribution >= 0.6 is 0 Å². The molecule has 0 aliphatic rings. The average molecular weight is 357 g/mol. The lowest BCUT2D eigenvalue weighted by Crippen LogP contribution is -2.48. The Balaban J connectivity index is 0.000000550. The van der Waals surface area contributed by atoms with E-state index in [9.17, 15) is 17.3 Å². The molecule has 0 amide bonds. The maximum absolute atomic E-state index is 9.75. The third-order valence-corrected chi connectivity index (χ3v) is 3.44. The zero-order valence-electron chi connectivity index (χ0n) is 14.8. The van der Waals surface area contributed by atoms with Gasteiger partial charge in [0.25, 0.3) is 0 Å². The van der Waals surface area contributed by atoms with E-state index < -0.39 is 7.25 Å². The zero-order valence-corrected chi connectivity index (χ0v) is 14.8. The number of benzene rings is 1. The summed E-state index contributed by atoms with van der Waals surface area (Å²) in [5, 5.41) is 0. The van der Waals surface area contributed by atoms with Gasteiger partial charge in [0.05, 0.1) is 0 Å². The Morgan fingerprint density at radius 3 is 1.92 bits per heavy atom. The lowest BCUT2D eigenvalue weighted by Gasteiger charge is -2.05. The third kappa shape index (κ3) is 9.74. The first-order valence-electron chi connectivity index (χ1n) is 8.21. The Labute approximate surface area is 146 Å². The van der Waals surface area contributed by atoms with Crippen molar-refractivity contribution in [2.45, 2.75) is 40.0 Å². The number of pyridine rings is 1. The van der Waals surface area contributed by atoms with Crippen LogP contribution in [0.3, 0.4) is 0 Å². The van der Waals surface area contributed by atoms with Gasteiger partial charge in [0.2, 0.25) is 11.4 Å². The molecule has 0 saturated heterocycles. The lowest BCUT2D eigenvalue weighted by atomic mass is 10.1. The van der Waals surface area contributed by atoms with E-state index in [-0.39, 0.29) is 0 Å². The van der Waals surface area contributed by atoms with Gasteiger partial charge in [0, 0.05) is 30.7 Å². The molecule has 0 atom stereocenters. The summed E-state index contributed by atoms with van der Waals surface area (Å²) < 4.78 is 40.9. The smallest absolute Gasteiger partial charge is 0.418 e. The Kier molecular flexibility index (Phi) is 8.45. The average Bonchev–Trinajstić information content (AvgIpc) is 2.48. The molecular weight excluding hydrogens is 333 g/mol. The van der Waals surface area contributed by atoms with Crippen molar-refractivity contribution in [1.29, 1.82) is 0 Å². The van der Waals surface area contributed by atoms with Gasteiger partial charge in [-0.3, -0.25) is 4.84 Å². The van der Waals surface area contributed by atoms with Crippen molar-refractivity contribution in [3.63, 3.8) is 0 Å². The van der Waals surface area contributed by atoms with E-state index in [2.05, 4.69) is 63.2 Å². The quantitative estimate of drug-likeness (QED) is 0.317. The third-order valence-electron chi connectivity index (χ3n) is 3.44. The van der Waals surface area contributed by atoms with E-state index in [0.29, 0.717) is 0 Å². The molecule has 0 N–H and O–H groups in total. The standard InChI is InChI=1S/C18H24NO.BF4/c1-15-13-16(2)19(17(3)14-15)20-12-8-7-11-18-9-5-4-6-10-18;2-1(3,4)5/h4-6,9-10,13-14H,7-8,11-12H2,1-3H3;/q+1;-1. The fourth-order valence-corrected chi connectivity index (χ4v) is 2.53. The number of nitrogens with zero attached hydrogens (tertiary/aromatic N) is 1. The molecule has 138 valence electrons. The molecule has 0 aliphatic carbocycles. The highest BCUT2D eigenvalue weighted by atomic mass is 19.5. The second-order valence-electron chi connectivity index (χ2n) is 5.88. The highest BCUT2D eigenvalue weighted by molar-refractivity contribution is 6.50. The highest BCUT2D eigenvalue weighted by Gasteiger charge is 2.20. The fraction of sp³-hybridized carbons (Fsp3) is 0.389. The van der Waals surface area contributed by atoms with Crippen LogP contribution in [0.15, 0.2) is 42.5 Å². The van der Waals surface area contributed by atoms with Gasteiger partial charge in [0.15, 0.2) is 6.61 Å². The topological polar surface area (TPSA) is 13.1 Å². The predicted octanol–water partition coefficient (Wildman–Crippen LogP) is 4.65. The Morgan fingerprint density at radius 1 is 0.880 bits per heavy atom. The molecule has 1 heterocycles. The van der Waals surface area contributed by atoms with Gasteiger partial charge in [-0.2, -0.15) is 0 Å². The van der Waals surface area contributed by atoms with E-state index in [1.807, 2.05) is 4.73 Å². The van der Waals surface area contributed by atoms with Gasteiger partial charge in [-0.25, -0.2) is 0 Å². The van der Waals surface area contributed by atoms with E-state index in [4.69, 9.17) is 4.84 Å². The summed E-state index contributed by atoms with van der Waals surface area (Å²) in [6.07, 6.45) is 3.36. The van der Waals surface area contributed by atoms with Gasteiger partial charge in [-0.1, -0.05) is 30.3 Å². The first-order chi connectivity index (χ1) is 11.7. The van der Waals surface area contributed by atoms with E-state index >= 15 is 0 Å². The van der Waals surface area contributed by atoms with E-state index in [0.717, 1.165) is 37.3 Å². The van der Waals surface area contributed by atoms with Crippen LogP contribution in [-0.2, 0) is 6.42 Å². The number of aromatic nitrogens is 1. The van der Waals surface area contributed by atoms with Crippen LogP contribution in [0.1, 0.15) is 35.4 Å². The minimum absolute atomic E-state index is 0.766. The summed E-state index contributed by atoms with van der Waals surface area (Å²) >= 11 is 0. The monoisotopic (exact) mass is 357 g/mol. The van der Waals surface area contributed by atoms with Gasteiger partial charge in [-0.05, 0) is 37.3 Å². The molecule has 0 unspecified atom stereocenters. The summed E-state index contributed by atoms with van der Waals surface area (Å²) in [6.45, 7) is 7.06. The number of halogens is 4. The fourth-order valence-electron chi connectivity index (χ4n) is 2.53. The minimum Gasteiger partial charge on any atom is -0.418 e. The van der Waals surface area contributed by atoms with Crippen molar-refractivity contribution in [1.82, 2.24) is 0 Å². The second-order valence-corrected chi connectivity index (χ2v) is 5.88. The molecule has 25 heavy (non-hydrogen) atoms. The van der Waals surface area contributed by atoms with Gasteiger partial charge in [0.1, 0.15) is 0 Å². The Morgan fingerprint density at radius 2 is 1.40 bits per heavy atom. The van der Waals surface area contributed by atoms with Crippen molar-refractivity contribution in [3.8, 4) is 0 Å². The number of aryl methyl sites for hydroxylation is 4. The van der Waals surface area contributed by atoms with Crippen LogP contribution in [0, 0.1) is 20.8 Å². The van der Waals surface area contributed by atoms with Crippen LogP contribution in [0.25, 0.3) is 0 Å².